The van der Waals surface area contributed by atoms with Crippen molar-refractivity contribution in [1.29, 1.82) is 0 Å². The number of thiazole rings is 1. The van der Waals surface area contributed by atoms with Gasteiger partial charge in [-0.25, -0.2) is 14.6 Å². The van der Waals surface area contributed by atoms with E-state index in [9.17, 15) is 19.5 Å². The lowest BCUT2D eigenvalue weighted by molar-refractivity contribution is -0.139. The van der Waals surface area contributed by atoms with Crippen molar-refractivity contribution < 1.29 is 24.2 Å². The molecule has 3 N–H and O–H groups in total. The molecule has 1 aromatic heterocycles. The topological polar surface area (TPSA) is 121 Å². The number of carbonyl (C=O) groups is 3. The second-order valence-corrected chi connectivity index (χ2v) is 10.4. The highest BCUT2D eigenvalue weighted by molar-refractivity contribution is 7.14. The standard InChI is InChI=1S/C30H28N4O5S/c1-34(15-19-9-3-2-4-10-19)16-25(28(36)37)31-27(35)26-18-40-29(32-26)33-30(38)39-17-24-22-13-7-5-11-20(22)21-12-6-8-14-23(21)24/h2-14,18,24-25H,15-17H2,1H3,(H,31,35)(H,36,37)(H,32,33,38). The number of rotatable bonds is 10. The van der Waals surface area contributed by atoms with Crippen molar-refractivity contribution in [1.82, 2.24) is 15.2 Å². The summed E-state index contributed by atoms with van der Waals surface area (Å²) in [5, 5.41) is 16.4. The first-order valence-corrected chi connectivity index (χ1v) is 13.6. The number of anilines is 1. The number of likely N-dealkylation sites (N-methyl/N-ethyl adjacent to an activating group) is 1. The fourth-order valence-corrected chi connectivity index (χ4v) is 5.52. The number of nitrogens with zero attached hydrogens (tertiary/aromatic N) is 2. The van der Waals surface area contributed by atoms with Crippen LogP contribution in [0, 0.1) is 0 Å². The largest absolute Gasteiger partial charge is 0.480 e. The molecular weight excluding hydrogens is 528 g/mol. The van der Waals surface area contributed by atoms with Gasteiger partial charge in [-0.2, -0.15) is 0 Å². The van der Waals surface area contributed by atoms with Crippen molar-refractivity contribution in [3.8, 4) is 11.1 Å². The predicted octanol–water partition coefficient (Wildman–Crippen LogP) is 4.82. The van der Waals surface area contributed by atoms with Gasteiger partial charge in [0.2, 0.25) is 0 Å². The molecule has 9 nitrogen and oxygen atoms in total. The molecule has 4 aromatic rings. The zero-order valence-electron chi connectivity index (χ0n) is 21.7. The van der Waals surface area contributed by atoms with E-state index >= 15 is 0 Å². The molecule has 0 fully saturated rings. The number of nitrogens with one attached hydrogen (secondary N) is 2. The second-order valence-electron chi connectivity index (χ2n) is 9.54. The Kier molecular flexibility index (Phi) is 8.18. The molecule has 0 saturated carbocycles. The highest BCUT2D eigenvalue weighted by Gasteiger charge is 2.29. The lowest BCUT2D eigenvalue weighted by Crippen LogP contribution is -2.47. The van der Waals surface area contributed by atoms with E-state index in [0.29, 0.717) is 6.54 Å². The molecule has 204 valence electrons. The monoisotopic (exact) mass is 556 g/mol. The molecular formula is C30H28N4O5S. The lowest BCUT2D eigenvalue weighted by atomic mass is 9.98. The maximum absolute atomic E-state index is 12.7. The zero-order valence-corrected chi connectivity index (χ0v) is 22.6. The minimum Gasteiger partial charge on any atom is -0.480 e. The number of hydrogen-bond acceptors (Lipinski definition) is 7. The molecule has 2 amide bonds. The summed E-state index contributed by atoms with van der Waals surface area (Å²) in [4.78, 5) is 43.1. The van der Waals surface area contributed by atoms with Crippen molar-refractivity contribution in [2.75, 3.05) is 25.5 Å². The smallest absolute Gasteiger partial charge is 0.413 e. The van der Waals surface area contributed by atoms with E-state index in [2.05, 4.69) is 27.8 Å². The number of carbonyl (C=O) groups excluding carboxylic acids is 2. The van der Waals surface area contributed by atoms with Crippen molar-refractivity contribution in [3.05, 3.63) is 107 Å². The summed E-state index contributed by atoms with van der Waals surface area (Å²) in [5.74, 6) is -1.87. The van der Waals surface area contributed by atoms with Gasteiger partial charge in [-0.1, -0.05) is 78.9 Å². The number of aromatic nitrogens is 1. The Bertz CT molecular complexity index is 1480. The summed E-state index contributed by atoms with van der Waals surface area (Å²) >= 11 is 1.05. The first-order chi connectivity index (χ1) is 19.4. The van der Waals surface area contributed by atoms with Crippen LogP contribution >= 0.6 is 11.3 Å². The van der Waals surface area contributed by atoms with Gasteiger partial charge < -0.3 is 15.2 Å². The quantitative estimate of drug-likeness (QED) is 0.256. The predicted molar refractivity (Wildman–Crippen MR) is 152 cm³/mol. The summed E-state index contributed by atoms with van der Waals surface area (Å²) in [6.45, 7) is 0.783. The van der Waals surface area contributed by atoms with Crippen LogP contribution in [0.1, 0.15) is 33.1 Å². The van der Waals surface area contributed by atoms with Crippen LogP contribution in [0.25, 0.3) is 11.1 Å². The van der Waals surface area contributed by atoms with Crippen LogP contribution in [-0.4, -0.2) is 59.2 Å². The van der Waals surface area contributed by atoms with E-state index in [-0.39, 0.29) is 29.9 Å². The molecule has 1 atom stereocenters. The highest BCUT2D eigenvalue weighted by atomic mass is 32.1. The van der Waals surface area contributed by atoms with Crippen molar-refractivity contribution >= 4 is 34.4 Å². The number of aliphatic carboxylic acids is 1. The van der Waals surface area contributed by atoms with E-state index < -0.39 is 24.0 Å². The van der Waals surface area contributed by atoms with Crippen molar-refractivity contribution in [2.24, 2.45) is 0 Å². The van der Waals surface area contributed by atoms with Gasteiger partial charge in [-0.3, -0.25) is 15.0 Å². The Morgan fingerprint density at radius 1 is 0.975 bits per heavy atom. The third kappa shape index (κ3) is 6.19. The summed E-state index contributed by atoms with van der Waals surface area (Å²) in [6, 6.07) is 24.6. The van der Waals surface area contributed by atoms with E-state index in [4.69, 9.17) is 4.74 Å². The third-order valence-electron chi connectivity index (χ3n) is 6.68. The minimum atomic E-state index is -1.15. The van der Waals surface area contributed by atoms with Crippen LogP contribution in [0.3, 0.4) is 0 Å². The first kappa shape index (κ1) is 27.0. The van der Waals surface area contributed by atoms with E-state index in [1.807, 2.05) is 71.6 Å². The fraction of sp³-hybridized carbons (Fsp3) is 0.200. The number of carboxylic acid groups (broad SMARTS) is 1. The maximum Gasteiger partial charge on any atom is 0.413 e. The molecule has 5 rings (SSSR count). The number of fused-ring (bicyclic) bond motifs is 3. The molecule has 1 heterocycles. The van der Waals surface area contributed by atoms with Gasteiger partial charge in [-0.15, -0.1) is 11.3 Å². The third-order valence-corrected chi connectivity index (χ3v) is 7.44. The molecule has 1 unspecified atom stereocenters. The first-order valence-electron chi connectivity index (χ1n) is 12.7. The number of hydrogen-bond donors (Lipinski definition) is 3. The van der Waals surface area contributed by atoms with Crippen molar-refractivity contribution in [2.45, 2.75) is 18.5 Å². The van der Waals surface area contributed by atoms with Gasteiger partial charge in [0.25, 0.3) is 5.91 Å². The molecule has 10 heteroatoms. The SMILES string of the molecule is CN(Cc1ccccc1)CC(NC(=O)c1csc(NC(=O)OCC2c3ccccc3-c3ccccc32)n1)C(=O)O. The Hall–Kier alpha value is -4.54. The lowest BCUT2D eigenvalue weighted by Gasteiger charge is -2.22. The summed E-state index contributed by atoms with van der Waals surface area (Å²) < 4.78 is 5.53. The number of amides is 2. The fourth-order valence-electron chi connectivity index (χ4n) is 4.85. The number of benzene rings is 3. The Morgan fingerprint density at radius 2 is 1.60 bits per heavy atom. The van der Waals surface area contributed by atoms with Gasteiger partial charge in [-0.05, 0) is 34.9 Å². The summed E-state index contributed by atoms with van der Waals surface area (Å²) in [7, 11) is 1.79. The Balaban J connectivity index is 1.15. The van der Waals surface area contributed by atoms with Gasteiger partial charge >= 0.3 is 12.1 Å². The normalized spacial score (nSPS) is 12.8. The van der Waals surface area contributed by atoms with Crippen LogP contribution in [0.15, 0.2) is 84.2 Å². The van der Waals surface area contributed by atoms with Crippen LogP contribution < -0.4 is 10.6 Å². The van der Waals surface area contributed by atoms with E-state index in [1.54, 1.807) is 7.05 Å². The van der Waals surface area contributed by atoms with E-state index in [1.165, 1.54) is 5.38 Å². The van der Waals surface area contributed by atoms with Crippen molar-refractivity contribution in [3.63, 3.8) is 0 Å². The molecule has 0 saturated heterocycles. The highest BCUT2D eigenvalue weighted by Crippen LogP contribution is 2.44. The number of carboxylic acids is 1. The molecule has 0 radical (unpaired) electrons. The molecule has 0 bridgehead atoms. The second kappa shape index (κ2) is 12.1. The Labute approximate surface area is 235 Å². The zero-order chi connectivity index (χ0) is 28.1. The molecule has 40 heavy (non-hydrogen) atoms. The Morgan fingerprint density at radius 3 is 2.25 bits per heavy atom. The average Bonchev–Trinajstić information content (AvgIpc) is 3.54. The minimum absolute atomic E-state index is 0.0101. The summed E-state index contributed by atoms with van der Waals surface area (Å²) in [6.07, 6.45) is -0.686. The van der Waals surface area contributed by atoms with Crippen LogP contribution in [0.4, 0.5) is 9.93 Å². The van der Waals surface area contributed by atoms with Gasteiger partial charge in [0.15, 0.2) is 5.13 Å². The molecule has 1 aliphatic rings. The molecule has 1 aliphatic carbocycles. The van der Waals surface area contributed by atoms with Gasteiger partial charge in [0.1, 0.15) is 18.3 Å². The summed E-state index contributed by atoms with van der Waals surface area (Å²) in [5.41, 5.74) is 5.52. The molecule has 0 aliphatic heterocycles. The molecule has 0 spiro atoms. The number of ether oxygens (including phenoxy) is 1. The maximum atomic E-state index is 12.7. The van der Waals surface area contributed by atoms with Crippen LogP contribution in [0.5, 0.6) is 0 Å². The average molecular weight is 557 g/mol. The van der Waals surface area contributed by atoms with E-state index in [0.717, 1.165) is 39.2 Å². The molecule has 3 aromatic carbocycles. The van der Waals surface area contributed by atoms with Crippen LogP contribution in [-0.2, 0) is 16.1 Å². The van der Waals surface area contributed by atoms with Crippen LogP contribution in [0.2, 0.25) is 0 Å². The van der Waals surface area contributed by atoms with Gasteiger partial charge in [0.05, 0.1) is 0 Å². The van der Waals surface area contributed by atoms with Gasteiger partial charge in [0, 0.05) is 24.4 Å².